The summed E-state index contributed by atoms with van der Waals surface area (Å²) in [5, 5.41) is 3.28. The number of rotatable bonds is 3. The first-order valence-electron chi connectivity index (χ1n) is 4.53. The highest BCUT2D eigenvalue weighted by Gasteiger charge is 1.98. The van der Waals surface area contributed by atoms with Crippen LogP contribution >= 0.6 is 0 Å². The monoisotopic (exact) mass is 188 g/mol. The lowest BCUT2D eigenvalue weighted by Crippen LogP contribution is -1.99. The molecule has 1 N–H and O–H groups in total. The van der Waals surface area contributed by atoms with Crippen molar-refractivity contribution in [1.29, 1.82) is 0 Å². The Morgan fingerprint density at radius 1 is 1.43 bits per heavy atom. The van der Waals surface area contributed by atoms with E-state index in [0.717, 1.165) is 17.0 Å². The van der Waals surface area contributed by atoms with Gasteiger partial charge in [-0.2, -0.15) is 0 Å². The number of nitrogens with zero attached hydrogens (tertiary/aromatic N) is 1. The number of furan rings is 1. The van der Waals surface area contributed by atoms with Gasteiger partial charge in [0.1, 0.15) is 5.76 Å². The molecule has 0 amide bonds. The van der Waals surface area contributed by atoms with E-state index in [4.69, 9.17) is 4.42 Å². The molecule has 0 aromatic carbocycles. The largest absolute Gasteiger partial charge is 0.467 e. The molecule has 0 atom stereocenters. The molecule has 3 heteroatoms. The van der Waals surface area contributed by atoms with Crippen LogP contribution in [-0.2, 0) is 6.54 Å². The van der Waals surface area contributed by atoms with E-state index in [9.17, 15) is 0 Å². The summed E-state index contributed by atoms with van der Waals surface area (Å²) < 4.78 is 5.22. The zero-order chi connectivity index (χ0) is 9.80. The predicted molar refractivity (Wildman–Crippen MR) is 55.0 cm³/mol. The summed E-state index contributed by atoms with van der Waals surface area (Å²) in [4.78, 5) is 4.03. The lowest BCUT2D eigenvalue weighted by atomic mass is 10.2. The van der Waals surface area contributed by atoms with Crippen LogP contribution in [0.5, 0.6) is 0 Å². The fraction of sp³-hybridized carbons (Fsp3) is 0.182. The van der Waals surface area contributed by atoms with Crippen molar-refractivity contribution in [2.75, 3.05) is 5.32 Å². The minimum atomic E-state index is 0.706. The lowest BCUT2D eigenvalue weighted by molar-refractivity contribution is 0.518. The Kier molecular flexibility index (Phi) is 2.49. The Hall–Kier alpha value is -1.77. The minimum Gasteiger partial charge on any atom is -0.467 e. The standard InChI is InChI=1S/C11H12N2O/c1-9-7-12-5-4-11(9)13-8-10-3-2-6-14-10/h2-7H,8H2,1H3,(H,12,13). The Morgan fingerprint density at radius 2 is 2.36 bits per heavy atom. The summed E-state index contributed by atoms with van der Waals surface area (Å²) in [5.41, 5.74) is 2.23. The first-order chi connectivity index (χ1) is 6.86. The molecule has 0 unspecified atom stereocenters. The van der Waals surface area contributed by atoms with Gasteiger partial charge in [0.25, 0.3) is 0 Å². The van der Waals surface area contributed by atoms with Crippen molar-refractivity contribution in [3.05, 3.63) is 48.2 Å². The smallest absolute Gasteiger partial charge is 0.122 e. The highest BCUT2D eigenvalue weighted by Crippen LogP contribution is 2.13. The van der Waals surface area contributed by atoms with Crippen LogP contribution in [0, 0.1) is 6.92 Å². The van der Waals surface area contributed by atoms with Gasteiger partial charge in [0.05, 0.1) is 12.8 Å². The quantitative estimate of drug-likeness (QED) is 0.804. The van der Waals surface area contributed by atoms with Crippen LogP contribution in [0.3, 0.4) is 0 Å². The molecule has 0 spiro atoms. The molecule has 14 heavy (non-hydrogen) atoms. The maximum atomic E-state index is 5.22. The third-order valence-electron chi connectivity index (χ3n) is 2.05. The molecular formula is C11H12N2O. The van der Waals surface area contributed by atoms with Crippen molar-refractivity contribution in [3.63, 3.8) is 0 Å². The lowest BCUT2D eigenvalue weighted by Gasteiger charge is -2.06. The molecule has 2 aromatic rings. The van der Waals surface area contributed by atoms with E-state index < -0.39 is 0 Å². The third kappa shape index (κ3) is 1.93. The molecule has 0 radical (unpaired) electrons. The Balaban J connectivity index is 2.02. The number of anilines is 1. The summed E-state index contributed by atoms with van der Waals surface area (Å²) in [6.45, 7) is 2.73. The van der Waals surface area contributed by atoms with Crippen molar-refractivity contribution < 1.29 is 4.42 Å². The first kappa shape index (κ1) is 8.81. The summed E-state index contributed by atoms with van der Waals surface area (Å²) in [6, 6.07) is 5.79. The summed E-state index contributed by atoms with van der Waals surface area (Å²) in [7, 11) is 0. The summed E-state index contributed by atoms with van der Waals surface area (Å²) in [6.07, 6.45) is 5.29. The van der Waals surface area contributed by atoms with E-state index in [1.807, 2.05) is 31.3 Å². The second-order valence-electron chi connectivity index (χ2n) is 3.12. The number of aromatic nitrogens is 1. The van der Waals surface area contributed by atoms with Crippen molar-refractivity contribution in [2.24, 2.45) is 0 Å². The summed E-state index contributed by atoms with van der Waals surface area (Å²) in [5.74, 6) is 0.932. The van der Waals surface area contributed by atoms with Gasteiger partial charge in [-0.3, -0.25) is 4.98 Å². The average Bonchev–Trinajstić information content (AvgIpc) is 2.69. The van der Waals surface area contributed by atoms with E-state index in [2.05, 4.69) is 10.3 Å². The normalized spacial score (nSPS) is 10.1. The molecule has 2 heterocycles. The predicted octanol–water partition coefficient (Wildman–Crippen LogP) is 2.60. The molecule has 2 aromatic heterocycles. The number of hydrogen-bond donors (Lipinski definition) is 1. The summed E-state index contributed by atoms with van der Waals surface area (Å²) >= 11 is 0. The Morgan fingerprint density at radius 3 is 3.07 bits per heavy atom. The van der Waals surface area contributed by atoms with Crippen molar-refractivity contribution in [1.82, 2.24) is 4.98 Å². The molecule has 0 bridgehead atoms. The number of aryl methyl sites for hydroxylation is 1. The number of hydrogen-bond acceptors (Lipinski definition) is 3. The minimum absolute atomic E-state index is 0.706. The van der Waals surface area contributed by atoms with Gasteiger partial charge in [-0.1, -0.05) is 0 Å². The zero-order valence-electron chi connectivity index (χ0n) is 8.03. The molecule has 0 saturated carbocycles. The van der Waals surface area contributed by atoms with E-state index in [1.165, 1.54) is 0 Å². The van der Waals surface area contributed by atoms with Crippen LogP contribution in [0.2, 0.25) is 0 Å². The third-order valence-corrected chi connectivity index (χ3v) is 2.05. The van der Waals surface area contributed by atoms with Gasteiger partial charge in [-0.05, 0) is 30.7 Å². The van der Waals surface area contributed by atoms with E-state index in [0.29, 0.717) is 6.54 Å². The van der Waals surface area contributed by atoms with E-state index in [-0.39, 0.29) is 0 Å². The van der Waals surface area contributed by atoms with Crippen LogP contribution in [0.15, 0.2) is 41.3 Å². The van der Waals surface area contributed by atoms with E-state index >= 15 is 0 Å². The SMILES string of the molecule is Cc1cnccc1NCc1ccco1. The fourth-order valence-electron chi connectivity index (χ4n) is 1.27. The van der Waals surface area contributed by atoms with Gasteiger partial charge in [0.2, 0.25) is 0 Å². The molecule has 0 aliphatic heterocycles. The molecule has 3 nitrogen and oxygen atoms in total. The van der Waals surface area contributed by atoms with Gasteiger partial charge < -0.3 is 9.73 Å². The van der Waals surface area contributed by atoms with Crippen LogP contribution in [-0.4, -0.2) is 4.98 Å². The molecule has 0 saturated heterocycles. The number of nitrogens with one attached hydrogen (secondary N) is 1. The Labute approximate surface area is 82.8 Å². The maximum absolute atomic E-state index is 5.22. The molecule has 0 aliphatic rings. The van der Waals surface area contributed by atoms with Gasteiger partial charge in [0.15, 0.2) is 0 Å². The van der Waals surface area contributed by atoms with Gasteiger partial charge in [-0.15, -0.1) is 0 Å². The van der Waals surface area contributed by atoms with Crippen LogP contribution in [0.25, 0.3) is 0 Å². The molecule has 2 rings (SSSR count). The second-order valence-corrected chi connectivity index (χ2v) is 3.12. The highest BCUT2D eigenvalue weighted by molar-refractivity contribution is 5.48. The number of pyridine rings is 1. The molecule has 0 aliphatic carbocycles. The van der Waals surface area contributed by atoms with E-state index in [1.54, 1.807) is 12.5 Å². The average molecular weight is 188 g/mol. The maximum Gasteiger partial charge on any atom is 0.122 e. The Bertz CT molecular complexity index is 395. The molecular weight excluding hydrogens is 176 g/mol. The first-order valence-corrected chi connectivity index (χ1v) is 4.53. The van der Waals surface area contributed by atoms with Crippen molar-refractivity contribution in [2.45, 2.75) is 13.5 Å². The van der Waals surface area contributed by atoms with Crippen LogP contribution in [0.4, 0.5) is 5.69 Å². The zero-order valence-corrected chi connectivity index (χ0v) is 8.03. The fourth-order valence-corrected chi connectivity index (χ4v) is 1.27. The van der Waals surface area contributed by atoms with Crippen molar-refractivity contribution >= 4 is 5.69 Å². The van der Waals surface area contributed by atoms with Gasteiger partial charge in [0, 0.05) is 18.1 Å². The second kappa shape index (κ2) is 3.96. The topological polar surface area (TPSA) is 38.1 Å². The molecule has 0 fully saturated rings. The van der Waals surface area contributed by atoms with Crippen LogP contribution in [0.1, 0.15) is 11.3 Å². The van der Waals surface area contributed by atoms with Crippen LogP contribution < -0.4 is 5.32 Å². The van der Waals surface area contributed by atoms with Crippen molar-refractivity contribution in [3.8, 4) is 0 Å². The molecule has 72 valence electrons. The van der Waals surface area contributed by atoms with Gasteiger partial charge >= 0.3 is 0 Å². The highest BCUT2D eigenvalue weighted by atomic mass is 16.3. The van der Waals surface area contributed by atoms with Gasteiger partial charge in [-0.25, -0.2) is 0 Å².